The van der Waals surface area contributed by atoms with Crippen LogP contribution in [-0.2, 0) is 7.05 Å². The monoisotopic (exact) mass is 341 g/mol. The molecule has 0 bridgehead atoms. The molecule has 2 aromatic rings. The molecule has 0 amide bonds. The van der Waals surface area contributed by atoms with E-state index in [1.54, 1.807) is 0 Å². The summed E-state index contributed by atoms with van der Waals surface area (Å²) in [5.74, 6) is 1.04. The van der Waals surface area contributed by atoms with Gasteiger partial charge in [0, 0.05) is 28.7 Å². The summed E-state index contributed by atoms with van der Waals surface area (Å²) in [7, 11) is 2.01. The Bertz CT molecular complexity index is 519. The lowest BCUT2D eigenvalue weighted by atomic mass is 10.2. The first-order valence-corrected chi connectivity index (χ1v) is 6.65. The van der Waals surface area contributed by atoms with Crippen molar-refractivity contribution in [2.75, 3.05) is 5.32 Å². The first-order valence-electron chi connectivity index (χ1n) is 5.58. The number of benzene rings is 1. The molecule has 1 atom stereocenters. The van der Waals surface area contributed by atoms with Crippen molar-refractivity contribution in [1.29, 1.82) is 0 Å². The normalized spacial score (nSPS) is 12.5. The van der Waals surface area contributed by atoms with Gasteiger partial charge in [0.1, 0.15) is 5.82 Å². The Morgan fingerprint density at radius 3 is 2.76 bits per heavy atom. The molecule has 0 fully saturated rings. The van der Waals surface area contributed by atoms with Gasteiger partial charge < -0.3 is 9.88 Å². The van der Waals surface area contributed by atoms with Gasteiger partial charge in [-0.3, -0.25) is 0 Å². The topological polar surface area (TPSA) is 29.9 Å². The van der Waals surface area contributed by atoms with Gasteiger partial charge >= 0.3 is 0 Å². The third kappa shape index (κ3) is 2.80. The zero-order valence-electron chi connectivity index (χ0n) is 10.2. The number of halogens is 1. The quantitative estimate of drug-likeness (QED) is 0.866. The van der Waals surface area contributed by atoms with Gasteiger partial charge in [-0.2, -0.15) is 0 Å². The fraction of sp³-hybridized carbons (Fsp3) is 0.308. The van der Waals surface area contributed by atoms with Crippen LogP contribution in [0.4, 0.5) is 5.69 Å². The summed E-state index contributed by atoms with van der Waals surface area (Å²) in [6.45, 7) is 4.24. The Morgan fingerprint density at radius 2 is 2.18 bits per heavy atom. The highest BCUT2D eigenvalue weighted by Crippen LogP contribution is 2.21. The van der Waals surface area contributed by atoms with Crippen LogP contribution in [0.25, 0.3) is 0 Å². The first-order chi connectivity index (χ1) is 8.08. The second-order valence-electron chi connectivity index (χ2n) is 4.23. The van der Waals surface area contributed by atoms with Gasteiger partial charge in [-0.25, -0.2) is 4.98 Å². The van der Waals surface area contributed by atoms with E-state index in [-0.39, 0.29) is 6.04 Å². The molecule has 4 heteroatoms. The Labute approximate surface area is 115 Å². The van der Waals surface area contributed by atoms with E-state index >= 15 is 0 Å². The summed E-state index contributed by atoms with van der Waals surface area (Å²) in [6, 6.07) is 6.61. The largest absolute Gasteiger partial charge is 0.375 e. The summed E-state index contributed by atoms with van der Waals surface area (Å²) in [5, 5.41) is 3.47. The molecule has 2 rings (SSSR count). The van der Waals surface area contributed by atoms with Crippen molar-refractivity contribution in [3.63, 3.8) is 0 Å². The summed E-state index contributed by atoms with van der Waals surface area (Å²) >= 11 is 2.36. The second kappa shape index (κ2) is 5.08. The van der Waals surface area contributed by atoms with Crippen molar-refractivity contribution >= 4 is 28.3 Å². The molecule has 1 unspecified atom stereocenters. The molecular weight excluding hydrogens is 325 g/mol. The summed E-state index contributed by atoms with van der Waals surface area (Å²) < 4.78 is 3.32. The molecule has 90 valence electrons. The first kappa shape index (κ1) is 12.4. The zero-order chi connectivity index (χ0) is 12.4. The van der Waals surface area contributed by atoms with Crippen molar-refractivity contribution < 1.29 is 0 Å². The standard InChI is InChI=1S/C13H16IN3/c1-9-4-5-11(8-12(9)14)16-10(2)13-15-6-7-17(13)3/h4-8,10,16H,1-3H3. The zero-order valence-corrected chi connectivity index (χ0v) is 12.4. The molecule has 1 aromatic heterocycles. The lowest BCUT2D eigenvalue weighted by Crippen LogP contribution is -2.11. The van der Waals surface area contributed by atoms with Crippen LogP contribution in [0.3, 0.4) is 0 Å². The van der Waals surface area contributed by atoms with Gasteiger partial charge in [0.2, 0.25) is 0 Å². The van der Waals surface area contributed by atoms with Gasteiger partial charge in [0.15, 0.2) is 0 Å². The van der Waals surface area contributed by atoms with Gasteiger partial charge in [-0.15, -0.1) is 0 Å². The smallest absolute Gasteiger partial charge is 0.130 e. The van der Waals surface area contributed by atoms with E-state index in [1.165, 1.54) is 9.13 Å². The molecule has 0 aliphatic rings. The Kier molecular flexibility index (Phi) is 3.71. The Morgan fingerprint density at radius 1 is 1.41 bits per heavy atom. The summed E-state index contributed by atoms with van der Waals surface area (Å²) in [5.41, 5.74) is 2.44. The van der Waals surface area contributed by atoms with E-state index in [0.717, 1.165) is 11.5 Å². The number of nitrogens with zero attached hydrogens (tertiary/aromatic N) is 2. The maximum absolute atomic E-state index is 4.35. The average molecular weight is 341 g/mol. The molecule has 0 saturated heterocycles. The van der Waals surface area contributed by atoms with E-state index in [1.807, 2.05) is 24.0 Å². The average Bonchev–Trinajstić information content (AvgIpc) is 2.70. The molecule has 3 nitrogen and oxygen atoms in total. The van der Waals surface area contributed by atoms with Crippen molar-refractivity contribution in [1.82, 2.24) is 9.55 Å². The number of imidazole rings is 1. The lowest BCUT2D eigenvalue weighted by molar-refractivity contribution is 0.721. The van der Waals surface area contributed by atoms with Gasteiger partial charge in [0.25, 0.3) is 0 Å². The van der Waals surface area contributed by atoms with Crippen molar-refractivity contribution in [3.8, 4) is 0 Å². The molecule has 0 aliphatic carbocycles. The third-order valence-electron chi connectivity index (χ3n) is 2.80. The van der Waals surface area contributed by atoms with E-state index in [4.69, 9.17) is 0 Å². The minimum Gasteiger partial charge on any atom is -0.375 e. The summed E-state index contributed by atoms with van der Waals surface area (Å²) in [6.07, 6.45) is 3.79. The number of aromatic nitrogens is 2. The second-order valence-corrected chi connectivity index (χ2v) is 5.39. The van der Waals surface area contributed by atoms with Gasteiger partial charge in [-0.05, 0) is 54.1 Å². The van der Waals surface area contributed by atoms with Crippen LogP contribution >= 0.6 is 22.6 Å². The molecule has 1 N–H and O–H groups in total. The highest BCUT2D eigenvalue weighted by Gasteiger charge is 2.10. The SMILES string of the molecule is Cc1ccc(NC(C)c2nccn2C)cc1I. The molecule has 17 heavy (non-hydrogen) atoms. The number of hydrogen-bond acceptors (Lipinski definition) is 2. The van der Waals surface area contributed by atoms with E-state index in [0.29, 0.717) is 0 Å². The minimum absolute atomic E-state index is 0.202. The molecular formula is C13H16IN3. The van der Waals surface area contributed by atoms with Crippen LogP contribution in [0.2, 0.25) is 0 Å². The number of rotatable bonds is 3. The fourth-order valence-electron chi connectivity index (χ4n) is 1.79. The van der Waals surface area contributed by atoms with E-state index in [9.17, 15) is 0 Å². The minimum atomic E-state index is 0.202. The fourth-order valence-corrected chi connectivity index (χ4v) is 2.31. The number of hydrogen-bond donors (Lipinski definition) is 1. The molecule has 0 aliphatic heterocycles. The number of aryl methyl sites for hydroxylation is 2. The molecule has 1 heterocycles. The van der Waals surface area contributed by atoms with Crippen molar-refractivity contribution in [3.05, 3.63) is 45.6 Å². The lowest BCUT2D eigenvalue weighted by Gasteiger charge is -2.15. The van der Waals surface area contributed by atoms with Crippen LogP contribution in [-0.4, -0.2) is 9.55 Å². The highest BCUT2D eigenvalue weighted by molar-refractivity contribution is 14.1. The molecule has 0 radical (unpaired) electrons. The summed E-state index contributed by atoms with van der Waals surface area (Å²) in [4.78, 5) is 4.35. The highest BCUT2D eigenvalue weighted by atomic mass is 127. The third-order valence-corrected chi connectivity index (χ3v) is 3.96. The van der Waals surface area contributed by atoms with Crippen LogP contribution < -0.4 is 5.32 Å². The maximum Gasteiger partial charge on any atom is 0.130 e. The predicted octanol–water partition coefficient (Wildman–Crippen LogP) is 3.51. The maximum atomic E-state index is 4.35. The number of nitrogens with one attached hydrogen (secondary N) is 1. The van der Waals surface area contributed by atoms with Crippen molar-refractivity contribution in [2.45, 2.75) is 19.9 Å². The number of anilines is 1. The van der Waals surface area contributed by atoms with Crippen LogP contribution in [0, 0.1) is 10.5 Å². The molecule has 0 spiro atoms. The molecule has 1 aromatic carbocycles. The Hall–Kier alpha value is -1.04. The van der Waals surface area contributed by atoms with Crippen LogP contribution in [0.15, 0.2) is 30.6 Å². The predicted molar refractivity (Wildman–Crippen MR) is 79.1 cm³/mol. The van der Waals surface area contributed by atoms with E-state index < -0.39 is 0 Å². The van der Waals surface area contributed by atoms with Crippen LogP contribution in [0.5, 0.6) is 0 Å². The van der Waals surface area contributed by atoms with Gasteiger partial charge in [0.05, 0.1) is 6.04 Å². The molecule has 0 saturated carbocycles. The van der Waals surface area contributed by atoms with Crippen molar-refractivity contribution in [2.24, 2.45) is 7.05 Å². The van der Waals surface area contributed by atoms with E-state index in [2.05, 4.69) is 64.9 Å². The van der Waals surface area contributed by atoms with Crippen LogP contribution in [0.1, 0.15) is 24.4 Å². The Balaban J connectivity index is 2.16. The van der Waals surface area contributed by atoms with Gasteiger partial charge in [-0.1, -0.05) is 6.07 Å².